The van der Waals surface area contributed by atoms with Crippen molar-refractivity contribution in [3.05, 3.63) is 35.0 Å². The highest BCUT2D eigenvalue weighted by Gasteiger charge is 2.30. The Bertz CT molecular complexity index is 754. The van der Waals surface area contributed by atoms with Gasteiger partial charge in [0.15, 0.2) is 0 Å². The molecule has 0 spiro atoms. The van der Waals surface area contributed by atoms with Crippen molar-refractivity contribution in [2.45, 2.75) is 37.8 Å². The molecule has 0 radical (unpaired) electrons. The van der Waals surface area contributed by atoms with E-state index in [-0.39, 0.29) is 11.9 Å². The summed E-state index contributed by atoms with van der Waals surface area (Å²) >= 11 is 5.97. The summed E-state index contributed by atoms with van der Waals surface area (Å²) in [5, 5.41) is 4.77. The van der Waals surface area contributed by atoms with E-state index in [0.717, 1.165) is 62.1 Å². The second-order valence-corrected chi connectivity index (χ2v) is 7.41. The lowest BCUT2D eigenvalue weighted by Crippen LogP contribution is -2.42. The van der Waals surface area contributed by atoms with E-state index in [2.05, 4.69) is 10.2 Å². The van der Waals surface area contributed by atoms with Crippen LogP contribution >= 0.6 is 11.6 Å². The van der Waals surface area contributed by atoms with Gasteiger partial charge in [-0.05, 0) is 37.5 Å². The molecule has 1 atom stereocenters. The maximum atomic E-state index is 12.4. The molecule has 0 aliphatic carbocycles. The van der Waals surface area contributed by atoms with Gasteiger partial charge >= 0.3 is 0 Å². The summed E-state index contributed by atoms with van der Waals surface area (Å²) in [4.78, 5) is 14.9. The van der Waals surface area contributed by atoms with E-state index in [1.54, 1.807) is 12.3 Å². The third-order valence-electron chi connectivity index (χ3n) is 5.26. The number of nitrogens with one attached hydrogen (secondary N) is 1. The summed E-state index contributed by atoms with van der Waals surface area (Å²) in [6.07, 6.45) is 5.21. The number of benzene rings is 1. The molecule has 2 aromatic rings. The summed E-state index contributed by atoms with van der Waals surface area (Å²) in [6, 6.07) is 6.36. The molecule has 6 heteroatoms. The van der Waals surface area contributed by atoms with Crippen LogP contribution in [-0.4, -0.2) is 49.2 Å². The number of nitrogens with zero attached hydrogens (tertiary/aromatic N) is 1. The topological polar surface area (TPSA) is 54.7 Å². The predicted octanol–water partition coefficient (Wildman–Crippen LogP) is 3.00. The van der Waals surface area contributed by atoms with E-state index in [4.69, 9.17) is 20.8 Å². The van der Waals surface area contributed by atoms with Crippen LogP contribution in [0.4, 0.5) is 0 Å². The zero-order valence-electron chi connectivity index (χ0n) is 14.2. The summed E-state index contributed by atoms with van der Waals surface area (Å²) in [5.41, 5.74) is 1.63. The van der Waals surface area contributed by atoms with E-state index in [1.807, 2.05) is 12.1 Å². The number of ether oxygens (including phenoxy) is 1. The first-order valence-electron chi connectivity index (χ1n) is 8.96. The highest BCUT2D eigenvalue weighted by molar-refractivity contribution is 6.31. The van der Waals surface area contributed by atoms with Gasteiger partial charge < -0.3 is 14.5 Å². The Hall–Kier alpha value is -1.56. The summed E-state index contributed by atoms with van der Waals surface area (Å²) in [7, 11) is 0. The lowest BCUT2D eigenvalue weighted by Gasteiger charge is -2.31. The van der Waals surface area contributed by atoms with Crippen molar-refractivity contribution in [2.24, 2.45) is 0 Å². The number of rotatable bonds is 4. The molecule has 134 valence electrons. The van der Waals surface area contributed by atoms with Crippen LogP contribution < -0.4 is 5.32 Å². The van der Waals surface area contributed by atoms with Crippen molar-refractivity contribution in [2.75, 3.05) is 26.3 Å². The van der Waals surface area contributed by atoms with Gasteiger partial charge in [-0.1, -0.05) is 11.6 Å². The van der Waals surface area contributed by atoms with Crippen LogP contribution in [0.25, 0.3) is 11.0 Å². The minimum Gasteiger partial charge on any atom is -0.464 e. The van der Waals surface area contributed by atoms with Crippen molar-refractivity contribution in [3.63, 3.8) is 0 Å². The van der Waals surface area contributed by atoms with E-state index < -0.39 is 0 Å². The van der Waals surface area contributed by atoms with E-state index in [1.165, 1.54) is 0 Å². The molecule has 3 heterocycles. The number of furan rings is 1. The van der Waals surface area contributed by atoms with Crippen LogP contribution in [0.15, 0.2) is 28.9 Å². The van der Waals surface area contributed by atoms with Crippen LogP contribution in [0.2, 0.25) is 5.02 Å². The molecular weight excluding hydrogens is 340 g/mol. The molecule has 0 saturated carbocycles. The van der Waals surface area contributed by atoms with Gasteiger partial charge in [-0.2, -0.15) is 0 Å². The minimum absolute atomic E-state index is 0.0523. The molecule has 1 aromatic heterocycles. The first-order chi connectivity index (χ1) is 12.2. The largest absolute Gasteiger partial charge is 0.464 e. The number of likely N-dealkylation sites (tertiary alicyclic amines) is 1. The Balaban J connectivity index is 1.33. The molecule has 1 amide bonds. The Morgan fingerprint density at radius 1 is 1.28 bits per heavy atom. The average Bonchev–Trinajstić information content (AvgIpc) is 3.23. The fourth-order valence-corrected chi connectivity index (χ4v) is 4.09. The molecule has 2 saturated heterocycles. The number of hydrogen-bond acceptors (Lipinski definition) is 4. The molecule has 2 fully saturated rings. The number of carbonyl (C=O) groups is 1. The average molecular weight is 363 g/mol. The van der Waals surface area contributed by atoms with Crippen molar-refractivity contribution in [3.8, 4) is 0 Å². The third-order valence-corrected chi connectivity index (χ3v) is 5.50. The lowest BCUT2D eigenvalue weighted by molar-refractivity contribution is -0.121. The number of fused-ring (bicyclic) bond motifs is 1. The van der Waals surface area contributed by atoms with Gasteiger partial charge in [0.1, 0.15) is 5.58 Å². The highest BCUT2D eigenvalue weighted by atomic mass is 35.5. The van der Waals surface area contributed by atoms with Crippen LogP contribution in [0, 0.1) is 0 Å². The Morgan fingerprint density at radius 3 is 2.96 bits per heavy atom. The Morgan fingerprint density at radius 2 is 2.12 bits per heavy atom. The van der Waals surface area contributed by atoms with Crippen LogP contribution in [0.5, 0.6) is 0 Å². The first-order valence-corrected chi connectivity index (χ1v) is 9.33. The molecular formula is C19H23ClN2O3. The van der Waals surface area contributed by atoms with Gasteiger partial charge in [0, 0.05) is 54.4 Å². The monoisotopic (exact) mass is 362 g/mol. The number of halogens is 1. The maximum absolute atomic E-state index is 12.4. The highest BCUT2D eigenvalue weighted by Crippen LogP contribution is 2.25. The lowest BCUT2D eigenvalue weighted by atomic mass is 10.1. The van der Waals surface area contributed by atoms with Gasteiger partial charge in [-0.3, -0.25) is 9.69 Å². The second kappa shape index (κ2) is 7.36. The molecule has 2 aliphatic rings. The quantitative estimate of drug-likeness (QED) is 0.908. The van der Waals surface area contributed by atoms with Gasteiger partial charge in [0.25, 0.3) is 0 Å². The van der Waals surface area contributed by atoms with Gasteiger partial charge in [0.2, 0.25) is 5.91 Å². The number of carbonyl (C=O) groups excluding carboxylic acids is 1. The SMILES string of the molecule is O=C(Cc1coc2cc(Cl)ccc12)NC1CCN(C2CCOCC2)C1. The molecule has 1 N–H and O–H groups in total. The zero-order valence-corrected chi connectivity index (χ0v) is 14.9. The van der Waals surface area contributed by atoms with Crippen LogP contribution in [-0.2, 0) is 16.0 Å². The fourth-order valence-electron chi connectivity index (χ4n) is 3.93. The van der Waals surface area contributed by atoms with Crippen LogP contribution in [0.1, 0.15) is 24.8 Å². The normalized spacial score (nSPS) is 22.5. The zero-order chi connectivity index (χ0) is 17.2. The molecule has 4 rings (SSSR count). The van der Waals surface area contributed by atoms with Crippen molar-refractivity contribution in [1.29, 1.82) is 0 Å². The predicted molar refractivity (Wildman–Crippen MR) is 96.9 cm³/mol. The van der Waals surface area contributed by atoms with E-state index >= 15 is 0 Å². The molecule has 1 aromatic carbocycles. The first kappa shape index (κ1) is 16.9. The molecule has 0 bridgehead atoms. The van der Waals surface area contributed by atoms with Gasteiger partial charge in [-0.15, -0.1) is 0 Å². The number of hydrogen-bond donors (Lipinski definition) is 1. The van der Waals surface area contributed by atoms with Crippen molar-refractivity contribution in [1.82, 2.24) is 10.2 Å². The smallest absolute Gasteiger partial charge is 0.224 e. The molecule has 1 unspecified atom stereocenters. The molecule has 25 heavy (non-hydrogen) atoms. The maximum Gasteiger partial charge on any atom is 0.224 e. The molecule has 2 aliphatic heterocycles. The number of amides is 1. The van der Waals surface area contributed by atoms with Gasteiger partial charge in [-0.25, -0.2) is 0 Å². The Kier molecular flexibility index (Phi) is 4.97. The standard InChI is InChI=1S/C19H23ClN2O3/c20-14-1-2-17-13(12-25-18(17)10-14)9-19(23)21-15-3-6-22(11-15)16-4-7-24-8-5-16/h1-2,10,12,15-16H,3-9,11H2,(H,21,23). The summed E-state index contributed by atoms with van der Waals surface area (Å²) in [5.74, 6) is 0.0523. The Labute approximate surface area is 152 Å². The summed E-state index contributed by atoms with van der Waals surface area (Å²) in [6.45, 7) is 3.71. The summed E-state index contributed by atoms with van der Waals surface area (Å²) < 4.78 is 11.0. The van der Waals surface area contributed by atoms with Crippen LogP contribution in [0.3, 0.4) is 0 Å². The second-order valence-electron chi connectivity index (χ2n) is 6.97. The minimum atomic E-state index is 0.0523. The van der Waals surface area contributed by atoms with E-state index in [0.29, 0.717) is 17.5 Å². The van der Waals surface area contributed by atoms with Gasteiger partial charge in [0.05, 0.1) is 12.7 Å². The van der Waals surface area contributed by atoms with Crippen molar-refractivity contribution < 1.29 is 13.9 Å². The van der Waals surface area contributed by atoms with E-state index in [9.17, 15) is 4.79 Å². The fraction of sp³-hybridized carbons (Fsp3) is 0.526. The van der Waals surface area contributed by atoms with Crippen molar-refractivity contribution >= 4 is 28.5 Å². The third kappa shape index (κ3) is 3.84. The molecule has 5 nitrogen and oxygen atoms in total.